The highest BCUT2D eigenvalue weighted by atomic mass is 32.1. The summed E-state index contributed by atoms with van der Waals surface area (Å²) in [5.74, 6) is -0.775. The van der Waals surface area contributed by atoms with Crippen molar-refractivity contribution in [2.24, 2.45) is 0 Å². The molecule has 0 bridgehead atoms. The summed E-state index contributed by atoms with van der Waals surface area (Å²) in [5, 5.41) is 11.9. The molecule has 35 heavy (non-hydrogen) atoms. The molecule has 3 aromatic carbocycles. The lowest BCUT2D eigenvalue weighted by atomic mass is 9.87. The Morgan fingerprint density at radius 3 is 2.69 bits per heavy atom. The minimum Gasteiger partial charge on any atom is -0.496 e. The lowest BCUT2D eigenvalue weighted by molar-refractivity contribution is -0.185. The van der Waals surface area contributed by atoms with Crippen LogP contribution in [0.1, 0.15) is 22.3 Å². The maximum absolute atomic E-state index is 13.3. The number of hydrogen-bond acceptors (Lipinski definition) is 9. The minimum atomic E-state index is -1.96. The molecular formula is C26H20N2O6S. The molecule has 8 nitrogen and oxygen atoms in total. The molecule has 2 aliphatic rings. The Kier molecular flexibility index (Phi) is 4.98. The molecule has 0 spiro atoms. The number of carbonyl (C=O) groups excluding carboxylic acids is 1. The predicted molar refractivity (Wildman–Crippen MR) is 128 cm³/mol. The van der Waals surface area contributed by atoms with E-state index >= 15 is 0 Å². The number of esters is 1. The zero-order chi connectivity index (χ0) is 24.2. The number of aromatic nitrogens is 2. The molecule has 176 valence electrons. The summed E-state index contributed by atoms with van der Waals surface area (Å²) in [5.41, 5.74) is 4.94. The van der Waals surface area contributed by atoms with E-state index in [0.717, 1.165) is 33.9 Å². The maximum atomic E-state index is 13.3. The van der Waals surface area contributed by atoms with Gasteiger partial charge in [-0.1, -0.05) is 12.1 Å². The van der Waals surface area contributed by atoms with Crippen molar-refractivity contribution >= 4 is 34.3 Å². The monoisotopic (exact) mass is 488 g/mol. The first kappa shape index (κ1) is 21.6. The summed E-state index contributed by atoms with van der Waals surface area (Å²) in [6, 6.07) is 16.2. The normalized spacial score (nSPS) is 18.9. The van der Waals surface area contributed by atoms with Crippen LogP contribution >= 0.6 is 11.7 Å². The van der Waals surface area contributed by atoms with Crippen LogP contribution in [-0.4, -0.2) is 33.7 Å². The Bertz CT molecular complexity index is 1530. The molecule has 3 heterocycles. The largest absolute Gasteiger partial charge is 0.496 e. The second-order valence-electron chi connectivity index (χ2n) is 8.40. The first-order chi connectivity index (χ1) is 17.0. The van der Waals surface area contributed by atoms with E-state index in [1.165, 1.54) is 0 Å². The Morgan fingerprint density at radius 2 is 1.86 bits per heavy atom. The number of fused-ring (bicyclic) bond motifs is 2. The Labute approximate surface area is 204 Å². The second kappa shape index (κ2) is 8.07. The van der Waals surface area contributed by atoms with Crippen molar-refractivity contribution in [2.45, 2.75) is 19.1 Å². The number of methoxy groups -OCH3 is 1. The number of cyclic esters (lactones) is 1. The van der Waals surface area contributed by atoms with Crippen LogP contribution in [0.15, 0.2) is 60.2 Å². The molecule has 0 aliphatic carbocycles. The minimum absolute atomic E-state index is 0.117. The van der Waals surface area contributed by atoms with Crippen molar-refractivity contribution in [1.82, 2.24) is 8.75 Å². The highest BCUT2D eigenvalue weighted by Gasteiger charge is 2.48. The summed E-state index contributed by atoms with van der Waals surface area (Å²) in [6.45, 7) is 1.99. The highest BCUT2D eigenvalue weighted by molar-refractivity contribution is 7.00. The van der Waals surface area contributed by atoms with Crippen LogP contribution in [-0.2, 0) is 21.7 Å². The standard InChI is InChI=1S/C26H20N2O6S/c1-14-9-17(5-8-21(14)31-2)26(30)18(10-15-3-6-19-20(11-15)28-35-27-19)24(25(29)34-26)16-4-7-22-23(12-16)33-13-32-22/h3-9,11-12,30H,10,13H2,1-2H3. The van der Waals surface area contributed by atoms with Crippen molar-refractivity contribution < 1.29 is 28.8 Å². The summed E-state index contributed by atoms with van der Waals surface area (Å²) in [6.07, 6.45) is 0.255. The van der Waals surface area contributed by atoms with Gasteiger partial charge >= 0.3 is 5.97 Å². The van der Waals surface area contributed by atoms with Gasteiger partial charge in [-0.3, -0.25) is 0 Å². The number of aliphatic hydroxyl groups is 1. The van der Waals surface area contributed by atoms with E-state index < -0.39 is 11.8 Å². The fraction of sp³-hybridized carbons (Fsp3) is 0.192. The highest BCUT2D eigenvalue weighted by Crippen LogP contribution is 2.47. The quantitative estimate of drug-likeness (QED) is 0.419. The molecule has 1 aromatic heterocycles. The topological polar surface area (TPSA) is 100 Å². The summed E-state index contributed by atoms with van der Waals surface area (Å²) >= 11 is 1.14. The van der Waals surface area contributed by atoms with Crippen LogP contribution in [0.3, 0.4) is 0 Å². The van der Waals surface area contributed by atoms with Crippen LogP contribution in [0, 0.1) is 6.92 Å². The number of carbonyl (C=O) groups is 1. The molecule has 1 N–H and O–H groups in total. The maximum Gasteiger partial charge on any atom is 0.342 e. The third-order valence-corrected chi connectivity index (χ3v) is 6.86. The lowest BCUT2D eigenvalue weighted by Crippen LogP contribution is -2.30. The van der Waals surface area contributed by atoms with Gasteiger partial charge in [-0.2, -0.15) is 8.75 Å². The van der Waals surface area contributed by atoms with Gasteiger partial charge in [-0.25, -0.2) is 4.79 Å². The van der Waals surface area contributed by atoms with E-state index in [-0.39, 0.29) is 18.8 Å². The fourth-order valence-corrected chi connectivity index (χ4v) is 5.07. The van der Waals surface area contributed by atoms with Crippen LogP contribution < -0.4 is 14.2 Å². The van der Waals surface area contributed by atoms with E-state index in [4.69, 9.17) is 18.9 Å². The zero-order valence-corrected chi connectivity index (χ0v) is 19.7. The fourth-order valence-electron chi connectivity index (χ4n) is 4.56. The molecule has 0 fully saturated rings. The Hall–Kier alpha value is -3.95. The average molecular weight is 489 g/mol. The van der Waals surface area contributed by atoms with E-state index in [0.29, 0.717) is 33.9 Å². The molecule has 0 radical (unpaired) electrons. The molecule has 0 amide bonds. The lowest BCUT2D eigenvalue weighted by Gasteiger charge is -2.26. The van der Waals surface area contributed by atoms with Crippen molar-refractivity contribution in [1.29, 1.82) is 0 Å². The first-order valence-electron chi connectivity index (χ1n) is 10.9. The van der Waals surface area contributed by atoms with Crippen LogP contribution in [0.4, 0.5) is 0 Å². The van der Waals surface area contributed by atoms with Crippen LogP contribution in [0.2, 0.25) is 0 Å². The third-order valence-electron chi connectivity index (χ3n) is 6.30. The molecule has 0 saturated carbocycles. The Morgan fingerprint density at radius 1 is 1.03 bits per heavy atom. The van der Waals surface area contributed by atoms with E-state index in [2.05, 4.69) is 8.75 Å². The van der Waals surface area contributed by atoms with Gasteiger partial charge in [0.25, 0.3) is 5.79 Å². The molecule has 0 saturated heterocycles. The number of hydrogen-bond donors (Lipinski definition) is 1. The van der Waals surface area contributed by atoms with Crippen molar-refractivity contribution in [3.63, 3.8) is 0 Å². The predicted octanol–water partition coefficient (Wildman–Crippen LogP) is 4.14. The van der Waals surface area contributed by atoms with Crippen molar-refractivity contribution in [3.8, 4) is 17.2 Å². The second-order valence-corrected chi connectivity index (χ2v) is 8.93. The van der Waals surface area contributed by atoms with E-state index in [1.807, 2.05) is 25.1 Å². The number of benzene rings is 3. The van der Waals surface area contributed by atoms with Gasteiger partial charge in [-0.15, -0.1) is 0 Å². The van der Waals surface area contributed by atoms with Crippen LogP contribution in [0.5, 0.6) is 17.2 Å². The van der Waals surface area contributed by atoms with E-state index in [9.17, 15) is 9.90 Å². The summed E-state index contributed by atoms with van der Waals surface area (Å²) in [7, 11) is 1.58. The van der Waals surface area contributed by atoms with Crippen molar-refractivity contribution in [2.75, 3.05) is 13.9 Å². The molecule has 6 rings (SSSR count). The van der Waals surface area contributed by atoms with Gasteiger partial charge < -0.3 is 24.1 Å². The molecule has 1 unspecified atom stereocenters. The molecule has 9 heteroatoms. The number of aryl methyl sites for hydroxylation is 1. The van der Waals surface area contributed by atoms with E-state index in [1.54, 1.807) is 43.5 Å². The van der Waals surface area contributed by atoms with Gasteiger partial charge in [0.2, 0.25) is 6.79 Å². The Balaban J connectivity index is 1.53. The molecular weight excluding hydrogens is 468 g/mol. The smallest absolute Gasteiger partial charge is 0.342 e. The van der Waals surface area contributed by atoms with Gasteiger partial charge in [-0.05, 0) is 66.1 Å². The van der Waals surface area contributed by atoms with Gasteiger partial charge in [0.05, 0.1) is 24.4 Å². The zero-order valence-electron chi connectivity index (χ0n) is 18.9. The van der Waals surface area contributed by atoms with Gasteiger partial charge in [0.15, 0.2) is 11.5 Å². The number of ether oxygens (including phenoxy) is 4. The van der Waals surface area contributed by atoms with Crippen molar-refractivity contribution in [3.05, 3.63) is 82.4 Å². The molecule has 1 atom stereocenters. The first-order valence-corrected chi connectivity index (χ1v) is 11.6. The molecule has 4 aromatic rings. The summed E-state index contributed by atoms with van der Waals surface area (Å²) < 4.78 is 30.6. The van der Waals surface area contributed by atoms with Gasteiger partial charge in [0.1, 0.15) is 16.8 Å². The number of nitrogens with zero attached hydrogens (tertiary/aromatic N) is 2. The third kappa shape index (κ3) is 3.51. The number of rotatable bonds is 5. The SMILES string of the molecule is COc1ccc(C2(O)OC(=O)C(c3ccc4c(c3)OCO4)=C2Cc2ccc3nsnc3c2)cc1C. The summed E-state index contributed by atoms with van der Waals surface area (Å²) in [4.78, 5) is 13.3. The average Bonchev–Trinajstić information content (AvgIpc) is 3.57. The molecule has 2 aliphatic heterocycles. The van der Waals surface area contributed by atoms with Crippen LogP contribution in [0.25, 0.3) is 16.6 Å². The van der Waals surface area contributed by atoms with Gasteiger partial charge in [0, 0.05) is 17.6 Å².